The summed E-state index contributed by atoms with van der Waals surface area (Å²) in [7, 11) is 0. The van der Waals surface area contributed by atoms with Gasteiger partial charge in [0.15, 0.2) is 5.76 Å². The lowest BCUT2D eigenvalue weighted by atomic mass is 10.1. The van der Waals surface area contributed by atoms with Crippen LogP contribution in [0, 0.1) is 11.8 Å². The maximum Gasteiger partial charge on any atom is 0.174 e. The minimum Gasteiger partial charge on any atom is -0.355 e. The molecule has 0 aliphatic heterocycles. The van der Waals surface area contributed by atoms with Crippen molar-refractivity contribution in [2.24, 2.45) is 0 Å². The molecule has 23 heavy (non-hydrogen) atoms. The van der Waals surface area contributed by atoms with Crippen molar-refractivity contribution in [1.29, 1.82) is 0 Å². The van der Waals surface area contributed by atoms with Crippen molar-refractivity contribution < 1.29 is 4.52 Å². The molecule has 0 radical (unpaired) electrons. The van der Waals surface area contributed by atoms with E-state index in [1.807, 2.05) is 42.5 Å². The molecule has 0 aliphatic rings. The smallest absolute Gasteiger partial charge is 0.174 e. The molecule has 2 heteroatoms. The van der Waals surface area contributed by atoms with Crippen LogP contribution in [-0.2, 0) is 0 Å². The summed E-state index contributed by atoms with van der Waals surface area (Å²) in [6, 6.07) is 16.1. The van der Waals surface area contributed by atoms with E-state index in [9.17, 15) is 0 Å². The van der Waals surface area contributed by atoms with Crippen LogP contribution in [-0.4, -0.2) is 5.16 Å². The largest absolute Gasteiger partial charge is 0.355 e. The molecule has 116 valence electrons. The van der Waals surface area contributed by atoms with Crippen LogP contribution in [0.2, 0.25) is 0 Å². The molecule has 0 bridgehead atoms. The molecule has 1 aromatic heterocycles. The second kappa shape index (κ2) is 7.65. The molecule has 2 aromatic carbocycles. The topological polar surface area (TPSA) is 26.0 Å². The van der Waals surface area contributed by atoms with E-state index < -0.39 is 0 Å². The monoisotopic (exact) mass is 303 g/mol. The lowest BCUT2D eigenvalue weighted by Crippen LogP contribution is -1.78. The van der Waals surface area contributed by atoms with Crippen LogP contribution in [0.1, 0.15) is 44.6 Å². The number of hydrogen-bond donors (Lipinski definition) is 0. The number of nitrogens with zero attached hydrogens (tertiary/aromatic N) is 1. The molecule has 2 nitrogen and oxygen atoms in total. The fourth-order valence-electron chi connectivity index (χ4n) is 2.62. The van der Waals surface area contributed by atoms with Crippen molar-refractivity contribution >= 4 is 10.9 Å². The molecule has 0 saturated carbocycles. The van der Waals surface area contributed by atoms with Gasteiger partial charge in [0, 0.05) is 17.5 Å². The highest BCUT2D eigenvalue weighted by Crippen LogP contribution is 2.28. The highest BCUT2D eigenvalue weighted by molar-refractivity contribution is 5.92. The van der Waals surface area contributed by atoms with Crippen molar-refractivity contribution in [1.82, 2.24) is 5.16 Å². The zero-order valence-corrected chi connectivity index (χ0v) is 13.5. The SMILES string of the molecule is CCCCCCC#Cc1ccc2noc(-c3ccccc3)c2c1. The summed E-state index contributed by atoms with van der Waals surface area (Å²) in [6.45, 7) is 2.23. The predicted molar refractivity (Wildman–Crippen MR) is 95.1 cm³/mol. The van der Waals surface area contributed by atoms with E-state index >= 15 is 0 Å². The molecule has 0 amide bonds. The van der Waals surface area contributed by atoms with Crippen LogP contribution in [0.4, 0.5) is 0 Å². The minimum absolute atomic E-state index is 0.812. The van der Waals surface area contributed by atoms with Gasteiger partial charge >= 0.3 is 0 Å². The maximum atomic E-state index is 5.53. The first kappa shape index (κ1) is 15.4. The Hall–Kier alpha value is -2.53. The first-order valence-corrected chi connectivity index (χ1v) is 8.32. The molecular weight excluding hydrogens is 282 g/mol. The Kier molecular flexibility index (Phi) is 5.11. The lowest BCUT2D eigenvalue weighted by Gasteiger charge is -1.96. The molecule has 3 aromatic rings. The van der Waals surface area contributed by atoms with Crippen LogP contribution in [0.3, 0.4) is 0 Å². The van der Waals surface area contributed by atoms with Gasteiger partial charge in [-0.2, -0.15) is 0 Å². The van der Waals surface area contributed by atoms with E-state index in [0.717, 1.165) is 34.2 Å². The Morgan fingerprint density at radius 2 is 1.87 bits per heavy atom. The Labute approximate surface area is 137 Å². The Morgan fingerprint density at radius 1 is 1.00 bits per heavy atom. The first-order chi connectivity index (χ1) is 11.4. The van der Waals surface area contributed by atoms with E-state index in [1.54, 1.807) is 0 Å². The summed E-state index contributed by atoms with van der Waals surface area (Å²) in [5, 5.41) is 5.17. The summed E-state index contributed by atoms with van der Waals surface area (Å²) in [5.41, 5.74) is 2.94. The molecule has 3 rings (SSSR count). The fourth-order valence-corrected chi connectivity index (χ4v) is 2.62. The zero-order valence-electron chi connectivity index (χ0n) is 13.5. The van der Waals surface area contributed by atoms with Crippen molar-refractivity contribution in [2.45, 2.75) is 39.0 Å². The summed E-state index contributed by atoms with van der Waals surface area (Å²) >= 11 is 0. The quantitative estimate of drug-likeness (QED) is 0.438. The zero-order chi connectivity index (χ0) is 15.9. The molecule has 0 unspecified atom stereocenters. The van der Waals surface area contributed by atoms with Crippen LogP contribution in [0.5, 0.6) is 0 Å². The molecule has 0 aliphatic carbocycles. The van der Waals surface area contributed by atoms with Gasteiger partial charge in [0.2, 0.25) is 0 Å². The lowest BCUT2D eigenvalue weighted by molar-refractivity contribution is 0.441. The molecule has 0 fully saturated rings. The second-order valence-corrected chi connectivity index (χ2v) is 5.72. The molecular formula is C21H21NO. The van der Waals surface area contributed by atoms with Crippen molar-refractivity contribution in [2.75, 3.05) is 0 Å². The number of benzene rings is 2. The van der Waals surface area contributed by atoms with Gasteiger partial charge in [-0.3, -0.25) is 0 Å². The number of rotatable bonds is 5. The average molecular weight is 303 g/mol. The number of aromatic nitrogens is 1. The second-order valence-electron chi connectivity index (χ2n) is 5.72. The van der Waals surface area contributed by atoms with Gasteiger partial charge in [0.05, 0.1) is 5.39 Å². The summed E-state index contributed by atoms with van der Waals surface area (Å²) < 4.78 is 5.53. The Balaban J connectivity index is 1.80. The molecule has 0 atom stereocenters. The maximum absolute atomic E-state index is 5.53. The molecule has 0 N–H and O–H groups in total. The summed E-state index contributed by atoms with van der Waals surface area (Å²) in [5.74, 6) is 7.35. The normalized spacial score (nSPS) is 10.5. The third-order valence-electron chi connectivity index (χ3n) is 3.90. The van der Waals surface area contributed by atoms with Gasteiger partial charge in [-0.1, -0.05) is 73.5 Å². The molecule has 0 saturated heterocycles. The van der Waals surface area contributed by atoms with E-state index in [1.165, 1.54) is 25.7 Å². The van der Waals surface area contributed by atoms with Crippen molar-refractivity contribution in [3.63, 3.8) is 0 Å². The van der Waals surface area contributed by atoms with Crippen molar-refractivity contribution in [3.8, 4) is 23.2 Å². The third kappa shape index (κ3) is 3.81. The summed E-state index contributed by atoms with van der Waals surface area (Å²) in [4.78, 5) is 0. The highest BCUT2D eigenvalue weighted by atomic mass is 16.5. The van der Waals surface area contributed by atoms with Gasteiger partial charge in [0.1, 0.15) is 5.52 Å². The minimum atomic E-state index is 0.812. The Morgan fingerprint density at radius 3 is 2.70 bits per heavy atom. The van der Waals surface area contributed by atoms with E-state index in [2.05, 4.69) is 30.0 Å². The third-order valence-corrected chi connectivity index (χ3v) is 3.90. The number of fused-ring (bicyclic) bond motifs is 1. The van der Waals surface area contributed by atoms with Gasteiger partial charge in [-0.05, 0) is 24.6 Å². The standard InChI is InChI=1S/C21H21NO/c1-2-3-4-5-6-8-11-17-14-15-20-19(16-17)21(23-22-20)18-12-9-7-10-13-18/h7,9-10,12-16H,2-6H2,1H3. The average Bonchev–Trinajstić information content (AvgIpc) is 3.02. The van der Waals surface area contributed by atoms with E-state index in [0.29, 0.717) is 0 Å². The van der Waals surface area contributed by atoms with Crippen LogP contribution in [0.25, 0.3) is 22.2 Å². The van der Waals surface area contributed by atoms with Gasteiger partial charge in [-0.25, -0.2) is 0 Å². The van der Waals surface area contributed by atoms with E-state index in [4.69, 9.17) is 4.52 Å². The van der Waals surface area contributed by atoms with E-state index in [-0.39, 0.29) is 0 Å². The predicted octanol–water partition coefficient (Wildman–Crippen LogP) is 5.82. The number of unbranched alkanes of at least 4 members (excludes halogenated alkanes) is 4. The van der Waals surface area contributed by atoms with Gasteiger partial charge in [0.25, 0.3) is 0 Å². The Bertz CT molecular complexity index is 821. The van der Waals surface area contributed by atoms with Crippen LogP contribution >= 0.6 is 0 Å². The van der Waals surface area contributed by atoms with Gasteiger partial charge in [-0.15, -0.1) is 0 Å². The number of hydrogen-bond acceptors (Lipinski definition) is 2. The first-order valence-electron chi connectivity index (χ1n) is 8.32. The highest BCUT2D eigenvalue weighted by Gasteiger charge is 2.10. The summed E-state index contributed by atoms with van der Waals surface area (Å²) in [6.07, 6.45) is 5.99. The fraction of sp³-hybridized carbons (Fsp3) is 0.286. The molecule has 1 heterocycles. The van der Waals surface area contributed by atoms with Gasteiger partial charge < -0.3 is 4.52 Å². The molecule has 0 spiro atoms. The van der Waals surface area contributed by atoms with Crippen LogP contribution in [0.15, 0.2) is 53.1 Å². The van der Waals surface area contributed by atoms with Crippen molar-refractivity contribution in [3.05, 3.63) is 54.1 Å². The van der Waals surface area contributed by atoms with Crippen LogP contribution < -0.4 is 0 Å².